The summed E-state index contributed by atoms with van der Waals surface area (Å²) in [6, 6.07) is 13.9. The molecule has 108 valence electrons. The number of anilines is 1. The first-order chi connectivity index (χ1) is 10.2. The number of carbonyl (C=O) groups is 1. The normalized spacial score (nSPS) is 14.9. The van der Waals surface area contributed by atoms with Crippen molar-refractivity contribution < 1.29 is 9.53 Å². The minimum absolute atomic E-state index is 0.0646. The van der Waals surface area contributed by atoms with Crippen molar-refractivity contribution >= 4 is 23.2 Å². The van der Waals surface area contributed by atoms with Crippen LogP contribution in [-0.2, 0) is 11.2 Å². The zero-order valence-electron chi connectivity index (χ0n) is 11.7. The second kappa shape index (κ2) is 5.78. The van der Waals surface area contributed by atoms with Crippen molar-refractivity contribution in [1.82, 2.24) is 0 Å². The van der Waals surface area contributed by atoms with E-state index in [1.54, 1.807) is 0 Å². The standard InChI is InChI=1S/C17H16ClNO2/c1-2-11-3-5-12(6-4-11)17(18)13-7-8-15-14(9-13)19-16(20)10-21-15/h3-9,17H,2,10H2,1H3,(H,19,20). The number of carbonyl (C=O) groups excluding carboxylic acids is 1. The fourth-order valence-corrected chi connectivity index (χ4v) is 2.65. The number of rotatable bonds is 3. The minimum Gasteiger partial charge on any atom is -0.482 e. The van der Waals surface area contributed by atoms with Crippen LogP contribution < -0.4 is 10.1 Å². The van der Waals surface area contributed by atoms with Gasteiger partial charge in [-0.1, -0.05) is 37.3 Å². The molecule has 4 heteroatoms. The highest BCUT2D eigenvalue weighted by atomic mass is 35.5. The quantitative estimate of drug-likeness (QED) is 0.873. The van der Waals surface area contributed by atoms with Crippen LogP contribution in [0.15, 0.2) is 42.5 Å². The second-order valence-electron chi connectivity index (χ2n) is 5.05. The molecule has 1 unspecified atom stereocenters. The van der Waals surface area contributed by atoms with Gasteiger partial charge in [0.25, 0.3) is 5.91 Å². The van der Waals surface area contributed by atoms with Gasteiger partial charge >= 0.3 is 0 Å². The van der Waals surface area contributed by atoms with E-state index in [9.17, 15) is 4.79 Å². The van der Waals surface area contributed by atoms with Crippen LogP contribution >= 0.6 is 11.6 Å². The van der Waals surface area contributed by atoms with Gasteiger partial charge in [0.2, 0.25) is 0 Å². The van der Waals surface area contributed by atoms with E-state index in [4.69, 9.17) is 16.3 Å². The number of alkyl halides is 1. The van der Waals surface area contributed by atoms with Crippen LogP contribution in [0.25, 0.3) is 0 Å². The molecule has 2 aromatic rings. The predicted molar refractivity (Wildman–Crippen MR) is 84.1 cm³/mol. The molecule has 0 bridgehead atoms. The van der Waals surface area contributed by atoms with Crippen molar-refractivity contribution in [3.63, 3.8) is 0 Å². The van der Waals surface area contributed by atoms with Gasteiger partial charge in [-0.05, 0) is 35.2 Å². The Balaban J connectivity index is 1.88. The van der Waals surface area contributed by atoms with Crippen LogP contribution in [0.3, 0.4) is 0 Å². The number of hydrogen-bond donors (Lipinski definition) is 1. The summed E-state index contributed by atoms with van der Waals surface area (Å²) in [7, 11) is 0. The third-order valence-electron chi connectivity index (χ3n) is 3.61. The van der Waals surface area contributed by atoms with Gasteiger partial charge in [0.05, 0.1) is 11.1 Å². The first-order valence-corrected chi connectivity index (χ1v) is 7.40. The van der Waals surface area contributed by atoms with Crippen LogP contribution in [0.1, 0.15) is 29.0 Å². The van der Waals surface area contributed by atoms with Crippen molar-refractivity contribution in [2.75, 3.05) is 11.9 Å². The molecule has 1 aliphatic rings. The first kappa shape index (κ1) is 14.0. The van der Waals surface area contributed by atoms with E-state index < -0.39 is 0 Å². The Hall–Kier alpha value is -2.00. The summed E-state index contributed by atoms with van der Waals surface area (Å²) in [5.74, 6) is 0.543. The lowest BCUT2D eigenvalue weighted by Crippen LogP contribution is -2.25. The highest BCUT2D eigenvalue weighted by molar-refractivity contribution is 6.22. The third kappa shape index (κ3) is 2.88. The maximum Gasteiger partial charge on any atom is 0.262 e. The molecule has 0 aliphatic carbocycles. The number of nitrogens with one attached hydrogen (secondary N) is 1. The number of aryl methyl sites for hydroxylation is 1. The molecular weight excluding hydrogens is 286 g/mol. The zero-order valence-corrected chi connectivity index (χ0v) is 12.5. The van der Waals surface area contributed by atoms with Crippen molar-refractivity contribution in [3.05, 3.63) is 59.2 Å². The molecule has 3 rings (SSSR count). The summed E-state index contributed by atoms with van der Waals surface area (Å²) in [4.78, 5) is 11.4. The molecule has 21 heavy (non-hydrogen) atoms. The summed E-state index contributed by atoms with van der Waals surface area (Å²) in [6.45, 7) is 2.19. The summed E-state index contributed by atoms with van der Waals surface area (Å²) in [6.07, 6.45) is 1.01. The van der Waals surface area contributed by atoms with E-state index in [0.29, 0.717) is 11.4 Å². The number of amides is 1. The molecule has 0 fully saturated rings. The number of ether oxygens (including phenoxy) is 1. The SMILES string of the molecule is CCc1ccc(C(Cl)c2ccc3c(c2)NC(=O)CO3)cc1. The molecule has 3 nitrogen and oxygen atoms in total. The molecule has 2 aromatic carbocycles. The predicted octanol–water partition coefficient (Wildman–Crippen LogP) is 3.91. The topological polar surface area (TPSA) is 38.3 Å². The van der Waals surface area contributed by atoms with Crippen LogP contribution in [-0.4, -0.2) is 12.5 Å². The lowest BCUT2D eigenvalue weighted by molar-refractivity contribution is -0.118. The Kier molecular flexibility index (Phi) is 3.84. The molecular formula is C17H16ClNO2. The zero-order chi connectivity index (χ0) is 14.8. The fourth-order valence-electron chi connectivity index (χ4n) is 2.37. The minimum atomic E-state index is -0.250. The number of fused-ring (bicyclic) bond motifs is 1. The molecule has 1 N–H and O–H groups in total. The highest BCUT2D eigenvalue weighted by Crippen LogP contribution is 2.35. The number of benzene rings is 2. The second-order valence-corrected chi connectivity index (χ2v) is 5.49. The largest absolute Gasteiger partial charge is 0.482 e. The first-order valence-electron chi connectivity index (χ1n) is 6.97. The van der Waals surface area contributed by atoms with Crippen LogP contribution in [0.2, 0.25) is 0 Å². The van der Waals surface area contributed by atoms with Gasteiger partial charge in [0, 0.05) is 0 Å². The van der Waals surface area contributed by atoms with E-state index >= 15 is 0 Å². The number of halogens is 1. The van der Waals surface area contributed by atoms with E-state index in [1.165, 1.54) is 5.56 Å². The molecule has 1 heterocycles. The van der Waals surface area contributed by atoms with E-state index in [-0.39, 0.29) is 17.9 Å². The summed E-state index contributed by atoms with van der Waals surface area (Å²) < 4.78 is 5.35. The average molecular weight is 302 g/mol. The van der Waals surface area contributed by atoms with Gasteiger partial charge in [-0.2, -0.15) is 0 Å². The van der Waals surface area contributed by atoms with Crippen molar-refractivity contribution in [1.29, 1.82) is 0 Å². The van der Waals surface area contributed by atoms with Gasteiger partial charge in [0.15, 0.2) is 6.61 Å². The lowest BCUT2D eigenvalue weighted by Gasteiger charge is -2.20. The molecule has 1 amide bonds. The average Bonchev–Trinajstić information content (AvgIpc) is 2.53. The van der Waals surface area contributed by atoms with Gasteiger partial charge < -0.3 is 10.1 Å². The van der Waals surface area contributed by atoms with Crippen LogP contribution in [0, 0.1) is 0 Å². The van der Waals surface area contributed by atoms with Gasteiger partial charge in [-0.15, -0.1) is 11.6 Å². The van der Waals surface area contributed by atoms with Crippen molar-refractivity contribution in [3.8, 4) is 5.75 Å². The van der Waals surface area contributed by atoms with E-state index in [0.717, 1.165) is 17.5 Å². The van der Waals surface area contributed by atoms with E-state index in [1.807, 2.05) is 30.3 Å². The van der Waals surface area contributed by atoms with Crippen molar-refractivity contribution in [2.24, 2.45) is 0 Å². The summed E-state index contributed by atoms with van der Waals surface area (Å²) in [5.41, 5.74) is 3.94. The number of hydrogen-bond acceptors (Lipinski definition) is 2. The molecule has 0 aromatic heterocycles. The smallest absolute Gasteiger partial charge is 0.262 e. The Morgan fingerprint density at radius 2 is 1.90 bits per heavy atom. The Labute approximate surface area is 128 Å². The van der Waals surface area contributed by atoms with Gasteiger partial charge in [-0.25, -0.2) is 0 Å². The molecule has 1 aliphatic heterocycles. The molecule has 0 saturated heterocycles. The molecule has 0 saturated carbocycles. The van der Waals surface area contributed by atoms with Crippen molar-refractivity contribution in [2.45, 2.75) is 18.7 Å². The maximum absolute atomic E-state index is 11.4. The molecule has 0 spiro atoms. The Morgan fingerprint density at radius 1 is 1.19 bits per heavy atom. The van der Waals surface area contributed by atoms with Crippen LogP contribution in [0.4, 0.5) is 5.69 Å². The van der Waals surface area contributed by atoms with Gasteiger partial charge in [-0.3, -0.25) is 4.79 Å². The molecule has 0 radical (unpaired) electrons. The van der Waals surface area contributed by atoms with E-state index in [2.05, 4.69) is 24.4 Å². The lowest BCUT2D eigenvalue weighted by atomic mass is 10.0. The molecule has 1 atom stereocenters. The Bertz CT molecular complexity index is 667. The summed E-state index contributed by atoms with van der Waals surface area (Å²) >= 11 is 6.55. The summed E-state index contributed by atoms with van der Waals surface area (Å²) in [5, 5.41) is 2.55. The maximum atomic E-state index is 11.4. The highest BCUT2D eigenvalue weighted by Gasteiger charge is 2.18. The third-order valence-corrected chi connectivity index (χ3v) is 4.11. The van der Waals surface area contributed by atoms with Gasteiger partial charge in [0.1, 0.15) is 5.75 Å². The monoisotopic (exact) mass is 301 g/mol. The Morgan fingerprint density at radius 3 is 2.62 bits per heavy atom. The van der Waals surface area contributed by atoms with Crippen LogP contribution in [0.5, 0.6) is 5.75 Å². The fraction of sp³-hybridized carbons (Fsp3) is 0.235.